The van der Waals surface area contributed by atoms with Gasteiger partial charge >= 0.3 is 0 Å². The van der Waals surface area contributed by atoms with Gasteiger partial charge in [-0.3, -0.25) is 4.79 Å². The molecule has 4 rings (SSSR count). The summed E-state index contributed by atoms with van der Waals surface area (Å²) in [5.74, 6) is 1.73. The van der Waals surface area contributed by atoms with Crippen LogP contribution in [0.4, 0.5) is 0 Å². The summed E-state index contributed by atoms with van der Waals surface area (Å²) in [6.45, 7) is 0. The molecule has 0 amide bonds. The fourth-order valence-electron chi connectivity index (χ4n) is 3.66. The standard InChI is InChI=1S/C27H23BrO6/c1-30-21-15-22-18(11-17(21)9-8-16-6-5-7-20(28)10-16)12-23(34-22)26(29)19-13-24(31-2)27(33-4)25(14-19)32-3/h5-15H,1-4H3/b9-8+. The van der Waals surface area contributed by atoms with Crippen molar-refractivity contribution in [2.24, 2.45) is 0 Å². The van der Waals surface area contributed by atoms with Crippen LogP contribution in [0.2, 0.25) is 0 Å². The minimum Gasteiger partial charge on any atom is -0.496 e. The van der Waals surface area contributed by atoms with Gasteiger partial charge in [0.25, 0.3) is 0 Å². The lowest BCUT2D eigenvalue weighted by Gasteiger charge is -2.13. The Morgan fingerprint density at radius 2 is 1.53 bits per heavy atom. The van der Waals surface area contributed by atoms with E-state index in [-0.39, 0.29) is 11.5 Å². The molecule has 0 bridgehead atoms. The van der Waals surface area contributed by atoms with Gasteiger partial charge in [0.2, 0.25) is 11.5 Å². The number of benzene rings is 3. The van der Waals surface area contributed by atoms with Gasteiger partial charge in [-0.1, -0.05) is 40.2 Å². The molecule has 174 valence electrons. The summed E-state index contributed by atoms with van der Waals surface area (Å²) in [5, 5.41) is 0.783. The van der Waals surface area contributed by atoms with E-state index >= 15 is 0 Å². The number of fused-ring (bicyclic) bond motifs is 1. The van der Waals surface area contributed by atoms with Crippen LogP contribution in [0.3, 0.4) is 0 Å². The molecule has 0 radical (unpaired) electrons. The molecule has 0 unspecified atom stereocenters. The number of halogens is 1. The SMILES string of the molecule is COc1cc2oc(C(=O)c3cc(OC)c(OC)c(OC)c3)cc2cc1/C=C/c1cccc(Br)c1. The zero-order chi connectivity index (χ0) is 24.2. The largest absolute Gasteiger partial charge is 0.496 e. The van der Waals surface area contributed by atoms with Gasteiger partial charge in [0.15, 0.2) is 17.3 Å². The van der Waals surface area contributed by atoms with E-state index < -0.39 is 0 Å². The number of carbonyl (C=O) groups excluding carboxylic acids is 1. The predicted octanol–water partition coefficient (Wildman–Crippen LogP) is 6.63. The lowest BCUT2D eigenvalue weighted by molar-refractivity contribution is 0.101. The third-order valence-corrected chi connectivity index (χ3v) is 5.82. The van der Waals surface area contributed by atoms with Gasteiger partial charge in [0.1, 0.15) is 11.3 Å². The number of rotatable bonds is 8. The number of ether oxygens (including phenoxy) is 4. The van der Waals surface area contributed by atoms with E-state index in [9.17, 15) is 4.79 Å². The lowest BCUT2D eigenvalue weighted by atomic mass is 10.1. The van der Waals surface area contributed by atoms with E-state index in [2.05, 4.69) is 15.9 Å². The summed E-state index contributed by atoms with van der Waals surface area (Å²) in [5.41, 5.74) is 2.81. The van der Waals surface area contributed by atoms with Crippen molar-refractivity contribution in [2.75, 3.05) is 28.4 Å². The Bertz CT molecular complexity index is 1360. The predicted molar refractivity (Wildman–Crippen MR) is 135 cm³/mol. The molecule has 3 aromatic carbocycles. The molecule has 7 heteroatoms. The molecule has 0 saturated heterocycles. The average molecular weight is 523 g/mol. The third-order valence-electron chi connectivity index (χ3n) is 5.32. The first kappa shape index (κ1) is 23.4. The smallest absolute Gasteiger partial charge is 0.228 e. The van der Waals surface area contributed by atoms with E-state index in [1.807, 2.05) is 42.5 Å². The number of hydrogen-bond donors (Lipinski definition) is 0. The topological polar surface area (TPSA) is 67.1 Å². The summed E-state index contributed by atoms with van der Waals surface area (Å²) in [4.78, 5) is 13.2. The second kappa shape index (κ2) is 10.1. The van der Waals surface area contributed by atoms with Crippen LogP contribution in [-0.2, 0) is 0 Å². The Hall–Kier alpha value is -3.71. The molecule has 34 heavy (non-hydrogen) atoms. The second-order valence-electron chi connectivity index (χ2n) is 7.37. The van der Waals surface area contributed by atoms with Crippen molar-refractivity contribution < 1.29 is 28.2 Å². The highest BCUT2D eigenvalue weighted by atomic mass is 79.9. The number of furan rings is 1. The molecule has 0 fully saturated rings. The normalized spacial score (nSPS) is 11.1. The fraction of sp³-hybridized carbons (Fsp3) is 0.148. The van der Waals surface area contributed by atoms with Gasteiger partial charge in [0.05, 0.1) is 28.4 Å². The van der Waals surface area contributed by atoms with Crippen LogP contribution in [0.15, 0.2) is 63.5 Å². The molecule has 0 aliphatic heterocycles. The van der Waals surface area contributed by atoms with Crippen molar-refractivity contribution in [1.29, 1.82) is 0 Å². The number of methoxy groups -OCH3 is 4. The van der Waals surface area contributed by atoms with Crippen LogP contribution in [0.5, 0.6) is 23.0 Å². The maximum atomic E-state index is 13.2. The third kappa shape index (κ3) is 4.65. The monoisotopic (exact) mass is 522 g/mol. The number of carbonyl (C=O) groups is 1. The van der Waals surface area contributed by atoms with Crippen molar-refractivity contribution in [3.05, 3.63) is 81.5 Å². The van der Waals surface area contributed by atoms with E-state index in [1.165, 1.54) is 21.3 Å². The molecule has 0 spiro atoms. The first-order valence-electron chi connectivity index (χ1n) is 10.4. The molecule has 0 aliphatic rings. The zero-order valence-electron chi connectivity index (χ0n) is 19.2. The van der Waals surface area contributed by atoms with Crippen molar-refractivity contribution >= 4 is 44.8 Å². The van der Waals surface area contributed by atoms with Crippen molar-refractivity contribution in [2.45, 2.75) is 0 Å². The molecule has 0 atom stereocenters. The summed E-state index contributed by atoms with van der Waals surface area (Å²) in [6.07, 6.45) is 3.96. The van der Waals surface area contributed by atoms with E-state index in [0.29, 0.717) is 34.1 Å². The van der Waals surface area contributed by atoms with Gasteiger partial charge in [-0.05, 0) is 42.0 Å². The molecule has 1 aromatic heterocycles. The van der Waals surface area contributed by atoms with Crippen LogP contribution >= 0.6 is 15.9 Å². The number of hydrogen-bond acceptors (Lipinski definition) is 6. The Morgan fingerprint density at radius 3 is 2.15 bits per heavy atom. The quantitative estimate of drug-likeness (QED) is 0.191. The summed E-state index contributed by atoms with van der Waals surface area (Å²) < 4.78 is 28.5. The highest BCUT2D eigenvalue weighted by molar-refractivity contribution is 9.10. The molecule has 0 saturated carbocycles. The maximum absolute atomic E-state index is 13.2. The molecular formula is C27H23BrO6. The first-order valence-corrected chi connectivity index (χ1v) is 11.2. The van der Waals surface area contributed by atoms with Gasteiger partial charge in [-0.15, -0.1) is 0 Å². The van der Waals surface area contributed by atoms with Crippen molar-refractivity contribution in [3.63, 3.8) is 0 Å². The Balaban J connectivity index is 1.72. The summed E-state index contributed by atoms with van der Waals surface area (Å²) >= 11 is 3.48. The highest BCUT2D eigenvalue weighted by Crippen LogP contribution is 2.39. The van der Waals surface area contributed by atoms with Crippen molar-refractivity contribution in [1.82, 2.24) is 0 Å². The van der Waals surface area contributed by atoms with Crippen LogP contribution in [0.1, 0.15) is 27.2 Å². The Labute approximate surface area is 205 Å². The average Bonchev–Trinajstić information content (AvgIpc) is 3.28. The van der Waals surface area contributed by atoms with Crippen LogP contribution in [0.25, 0.3) is 23.1 Å². The van der Waals surface area contributed by atoms with E-state index in [4.69, 9.17) is 23.4 Å². The fourth-order valence-corrected chi connectivity index (χ4v) is 4.07. The Kier molecular flexibility index (Phi) is 6.93. The van der Waals surface area contributed by atoms with E-state index in [0.717, 1.165) is 21.0 Å². The maximum Gasteiger partial charge on any atom is 0.228 e. The minimum absolute atomic E-state index is 0.194. The highest BCUT2D eigenvalue weighted by Gasteiger charge is 2.21. The van der Waals surface area contributed by atoms with Gasteiger partial charge < -0.3 is 23.4 Å². The second-order valence-corrected chi connectivity index (χ2v) is 8.29. The molecule has 0 aliphatic carbocycles. The zero-order valence-corrected chi connectivity index (χ0v) is 20.8. The van der Waals surface area contributed by atoms with Crippen LogP contribution in [0, 0.1) is 0 Å². The minimum atomic E-state index is -0.305. The van der Waals surface area contributed by atoms with Crippen LogP contribution < -0.4 is 18.9 Å². The summed E-state index contributed by atoms with van der Waals surface area (Å²) in [7, 11) is 6.12. The first-order chi connectivity index (χ1) is 16.5. The molecule has 0 N–H and O–H groups in total. The van der Waals surface area contributed by atoms with Crippen molar-refractivity contribution in [3.8, 4) is 23.0 Å². The van der Waals surface area contributed by atoms with Gasteiger partial charge in [0, 0.05) is 27.1 Å². The van der Waals surface area contributed by atoms with Crippen LogP contribution in [-0.4, -0.2) is 34.2 Å². The number of ketones is 1. The molecule has 6 nitrogen and oxygen atoms in total. The molecule has 1 heterocycles. The molecule has 4 aromatic rings. The molecular weight excluding hydrogens is 500 g/mol. The van der Waals surface area contributed by atoms with E-state index in [1.54, 1.807) is 31.4 Å². The summed E-state index contributed by atoms with van der Waals surface area (Å²) in [6, 6.07) is 16.6. The Morgan fingerprint density at radius 1 is 0.824 bits per heavy atom. The van der Waals surface area contributed by atoms with Gasteiger partial charge in [-0.2, -0.15) is 0 Å². The lowest BCUT2D eigenvalue weighted by Crippen LogP contribution is -2.03. The van der Waals surface area contributed by atoms with Gasteiger partial charge in [-0.25, -0.2) is 0 Å².